The van der Waals surface area contributed by atoms with Crippen LogP contribution >= 0.6 is 23.2 Å². The van der Waals surface area contributed by atoms with Crippen LogP contribution in [0.25, 0.3) is 0 Å². The third-order valence-electron chi connectivity index (χ3n) is 4.78. The molecule has 3 rings (SSSR count). The Morgan fingerprint density at radius 2 is 1.74 bits per heavy atom. The van der Waals surface area contributed by atoms with Crippen LogP contribution in [-0.4, -0.2) is 50.6 Å². The van der Waals surface area contributed by atoms with Gasteiger partial charge in [-0.05, 0) is 30.8 Å². The molecule has 1 heterocycles. The van der Waals surface area contributed by atoms with Crippen LogP contribution in [0, 0.1) is 0 Å². The van der Waals surface area contributed by atoms with E-state index in [4.69, 9.17) is 27.9 Å². The quantitative estimate of drug-likeness (QED) is 0.797. The molecule has 0 unspecified atom stereocenters. The zero-order valence-corrected chi connectivity index (χ0v) is 17.0. The lowest BCUT2D eigenvalue weighted by Gasteiger charge is -2.36. The highest BCUT2D eigenvalue weighted by Gasteiger charge is 2.20. The van der Waals surface area contributed by atoms with Crippen molar-refractivity contribution in [2.45, 2.75) is 6.92 Å². The highest BCUT2D eigenvalue weighted by Crippen LogP contribution is 2.34. The average molecular weight is 408 g/mol. The molecule has 0 saturated carbocycles. The second-order valence-electron chi connectivity index (χ2n) is 6.37. The van der Waals surface area contributed by atoms with Crippen LogP contribution in [0.4, 0.5) is 11.4 Å². The number of nitrogens with zero attached hydrogens (tertiary/aromatic N) is 2. The fraction of sp³-hybridized carbons (Fsp3) is 0.350. The Morgan fingerprint density at radius 3 is 2.33 bits per heavy atom. The van der Waals surface area contributed by atoms with Gasteiger partial charge in [-0.2, -0.15) is 0 Å². The van der Waals surface area contributed by atoms with Crippen molar-refractivity contribution in [3.05, 3.63) is 52.0 Å². The Bertz CT molecular complexity index is 798. The second kappa shape index (κ2) is 8.83. The number of anilines is 2. The number of benzene rings is 2. The first-order valence-corrected chi connectivity index (χ1v) is 9.69. The van der Waals surface area contributed by atoms with E-state index in [1.54, 1.807) is 12.1 Å². The van der Waals surface area contributed by atoms with Gasteiger partial charge in [0.25, 0.3) is 5.91 Å². The van der Waals surface area contributed by atoms with Crippen molar-refractivity contribution in [3.8, 4) is 5.75 Å². The Morgan fingerprint density at radius 1 is 1.11 bits per heavy atom. The third kappa shape index (κ3) is 4.49. The molecule has 0 bridgehead atoms. The molecule has 2 aromatic carbocycles. The lowest BCUT2D eigenvalue weighted by molar-refractivity contribution is 0.102. The second-order valence-corrected chi connectivity index (χ2v) is 7.18. The molecule has 1 N–H and O–H groups in total. The minimum atomic E-state index is -0.263. The molecule has 0 spiro atoms. The fourth-order valence-corrected chi connectivity index (χ4v) is 3.88. The molecule has 0 radical (unpaired) electrons. The van der Waals surface area contributed by atoms with E-state index in [9.17, 15) is 4.79 Å². The number of carbonyl (C=O) groups excluding carboxylic acids is 1. The number of ether oxygens (including phenoxy) is 1. The average Bonchev–Trinajstić information content (AvgIpc) is 2.68. The van der Waals surface area contributed by atoms with Gasteiger partial charge < -0.3 is 19.9 Å². The van der Waals surface area contributed by atoms with Crippen molar-refractivity contribution in [2.24, 2.45) is 0 Å². The monoisotopic (exact) mass is 407 g/mol. The number of hydrogen-bond acceptors (Lipinski definition) is 4. The molecular weight excluding hydrogens is 385 g/mol. The van der Waals surface area contributed by atoms with Gasteiger partial charge >= 0.3 is 0 Å². The lowest BCUT2D eigenvalue weighted by atomic mass is 10.1. The maximum Gasteiger partial charge on any atom is 0.255 e. The van der Waals surface area contributed by atoms with Gasteiger partial charge in [-0.25, -0.2) is 0 Å². The highest BCUT2D eigenvalue weighted by molar-refractivity contribution is 6.37. The molecule has 1 saturated heterocycles. The summed E-state index contributed by atoms with van der Waals surface area (Å²) in [5.74, 6) is 0.102. The number of piperazine rings is 1. The predicted octanol–water partition coefficient (Wildman–Crippen LogP) is 4.40. The topological polar surface area (TPSA) is 44.8 Å². The zero-order chi connectivity index (χ0) is 19.4. The number of likely N-dealkylation sites (N-methyl/N-ethyl adjacent to an activating group) is 1. The van der Waals surface area contributed by atoms with Crippen molar-refractivity contribution in [1.29, 1.82) is 0 Å². The van der Waals surface area contributed by atoms with Crippen molar-refractivity contribution in [3.63, 3.8) is 0 Å². The number of para-hydroxylation sites is 2. The number of nitrogens with one attached hydrogen (secondary N) is 1. The maximum absolute atomic E-state index is 12.8. The Balaban J connectivity index is 1.79. The highest BCUT2D eigenvalue weighted by atomic mass is 35.5. The SMILES string of the molecule is CCN1CCN(c2ccccc2NC(=O)c2cc(Cl)c(OC)c(Cl)c2)CC1. The summed E-state index contributed by atoms with van der Waals surface area (Å²) in [7, 11) is 1.49. The summed E-state index contributed by atoms with van der Waals surface area (Å²) >= 11 is 12.3. The first-order chi connectivity index (χ1) is 13.0. The minimum Gasteiger partial charge on any atom is -0.494 e. The summed E-state index contributed by atoms with van der Waals surface area (Å²) in [4.78, 5) is 17.5. The smallest absolute Gasteiger partial charge is 0.255 e. The molecule has 0 atom stereocenters. The molecule has 1 fully saturated rings. The molecule has 1 aliphatic heterocycles. The van der Waals surface area contributed by atoms with Crippen LogP contribution in [-0.2, 0) is 0 Å². The maximum atomic E-state index is 12.8. The van der Waals surface area contributed by atoms with Crippen LogP contribution in [0.15, 0.2) is 36.4 Å². The Labute approximate surface area is 169 Å². The van der Waals surface area contributed by atoms with Crippen molar-refractivity contribution < 1.29 is 9.53 Å². The lowest BCUT2D eigenvalue weighted by Crippen LogP contribution is -2.46. The number of methoxy groups -OCH3 is 1. The number of hydrogen-bond donors (Lipinski definition) is 1. The van der Waals surface area contributed by atoms with Crippen molar-refractivity contribution in [1.82, 2.24) is 4.90 Å². The van der Waals surface area contributed by atoms with Gasteiger partial charge in [0, 0.05) is 31.7 Å². The summed E-state index contributed by atoms with van der Waals surface area (Å²) in [5, 5.41) is 3.60. The first-order valence-electron chi connectivity index (χ1n) is 8.94. The van der Waals surface area contributed by atoms with E-state index in [0.717, 1.165) is 44.1 Å². The minimum absolute atomic E-state index is 0.263. The molecule has 0 aromatic heterocycles. The van der Waals surface area contributed by atoms with Crippen LogP contribution in [0.5, 0.6) is 5.75 Å². The zero-order valence-electron chi connectivity index (χ0n) is 15.5. The van der Waals surface area contributed by atoms with Gasteiger partial charge in [0.2, 0.25) is 0 Å². The fourth-order valence-electron chi connectivity index (χ4n) is 3.24. The summed E-state index contributed by atoms with van der Waals surface area (Å²) in [5.41, 5.74) is 2.18. The number of amides is 1. The molecule has 144 valence electrons. The van der Waals surface area contributed by atoms with Gasteiger partial charge in [-0.1, -0.05) is 42.3 Å². The molecular formula is C20H23Cl2N3O2. The van der Waals surface area contributed by atoms with E-state index >= 15 is 0 Å². The normalized spacial score (nSPS) is 14.9. The van der Waals surface area contributed by atoms with E-state index in [-0.39, 0.29) is 5.91 Å². The van der Waals surface area contributed by atoms with Crippen LogP contribution in [0.1, 0.15) is 17.3 Å². The molecule has 27 heavy (non-hydrogen) atoms. The molecule has 7 heteroatoms. The summed E-state index contributed by atoms with van der Waals surface area (Å²) in [6.45, 7) is 7.13. The first kappa shape index (κ1) is 19.8. The van der Waals surface area contributed by atoms with Gasteiger partial charge in [0.05, 0.1) is 28.5 Å². The van der Waals surface area contributed by atoms with Gasteiger partial charge in [0.1, 0.15) is 0 Å². The summed E-state index contributed by atoms with van der Waals surface area (Å²) in [6.07, 6.45) is 0. The van der Waals surface area contributed by atoms with E-state index in [2.05, 4.69) is 22.0 Å². The van der Waals surface area contributed by atoms with Crippen LogP contribution in [0.2, 0.25) is 10.0 Å². The molecule has 2 aromatic rings. The van der Waals surface area contributed by atoms with Crippen molar-refractivity contribution in [2.75, 3.05) is 50.1 Å². The number of rotatable bonds is 5. The predicted molar refractivity (Wildman–Crippen MR) is 112 cm³/mol. The van der Waals surface area contributed by atoms with E-state index in [1.807, 2.05) is 24.3 Å². The number of halogens is 2. The summed E-state index contributed by atoms with van der Waals surface area (Å²) < 4.78 is 5.14. The molecule has 1 aliphatic rings. The van der Waals surface area contributed by atoms with Gasteiger partial charge in [-0.3, -0.25) is 4.79 Å². The van der Waals surface area contributed by atoms with Crippen LogP contribution < -0.4 is 15.0 Å². The largest absolute Gasteiger partial charge is 0.494 e. The third-order valence-corrected chi connectivity index (χ3v) is 5.34. The number of carbonyl (C=O) groups is 1. The van der Waals surface area contributed by atoms with Gasteiger partial charge in [0.15, 0.2) is 5.75 Å². The van der Waals surface area contributed by atoms with E-state index in [1.165, 1.54) is 7.11 Å². The standard InChI is InChI=1S/C20H23Cl2N3O2/c1-3-24-8-10-25(11-9-24)18-7-5-4-6-17(18)23-20(26)14-12-15(21)19(27-2)16(22)13-14/h4-7,12-13H,3,8-11H2,1-2H3,(H,23,26). The molecule has 0 aliphatic carbocycles. The van der Waals surface area contributed by atoms with E-state index < -0.39 is 0 Å². The molecule has 1 amide bonds. The Hall–Kier alpha value is -1.95. The molecule has 5 nitrogen and oxygen atoms in total. The summed E-state index contributed by atoms with van der Waals surface area (Å²) in [6, 6.07) is 11.0. The van der Waals surface area contributed by atoms with E-state index in [0.29, 0.717) is 21.4 Å². The van der Waals surface area contributed by atoms with Crippen LogP contribution in [0.3, 0.4) is 0 Å². The Kier molecular flexibility index (Phi) is 6.47. The van der Waals surface area contributed by atoms with Gasteiger partial charge in [-0.15, -0.1) is 0 Å². The van der Waals surface area contributed by atoms with Crippen molar-refractivity contribution >= 4 is 40.5 Å².